The minimum atomic E-state index is -4.45. The van der Waals surface area contributed by atoms with Gasteiger partial charge in [0.05, 0.1) is 12.2 Å². The normalized spacial score (nSPS) is 30.5. The molecule has 3 aromatic carbocycles. The van der Waals surface area contributed by atoms with Crippen molar-refractivity contribution in [2.45, 2.75) is 121 Å². The summed E-state index contributed by atoms with van der Waals surface area (Å²) in [5.41, 5.74) is 0.957. The lowest BCUT2D eigenvalue weighted by Crippen LogP contribution is -2.63. The number of esters is 1. The van der Waals surface area contributed by atoms with Crippen LogP contribution in [-0.2, 0) is 52.4 Å². The molecule has 4 heterocycles. The van der Waals surface area contributed by atoms with Crippen LogP contribution in [0.5, 0.6) is 23.0 Å². The number of hydrogen-bond donors (Lipinski definition) is 0. The lowest BCUT2D eigenvalue weighted by Gasteiger charge is -2.43. The Morgan fingerprint density at radius 1 is 0.786 bits per heavy atom. The molecule has 2 saturated heterocycles. The molecule has 3 aromatic rings. The summed E-state index contributed by atoms with van der Waals surface area (Å²) < 4.78 is 89.0. The molecular formula is C41H49O14P. The van der Waals surface area contributed by atoms with Crippen molar-refractivity contribution in [2.24, 2.45) is 0 Å². The quantitative estimate of drug-likeness (QED) is 0.0719. The van der Waals surface area contributed by atoms with E-state index in [1.54, 1.807) is 71.0 Å². The van der Waals surface area contributed by atoms with Crippen molar-refractivity contribution in [3.63, 3.8) is 0 Å². The number of hydrogen-bond acceptors (Lipinski definition) is 14. The number of carbonyl (C=O) groups excluding carboxylic acids is 1. The number of phosphoric acid groups is 1. The SMILES string of the molecule is CCCCOc1ccc2c(c1)Oc1cc(O[P@@](=O)(OC)OC3[C@@H]4OC(C)(C)O[C@@H]4C(O[C@@H](C)OCC)[C@@H]4OC(C)(C)O[C@@H]34)ccc1[C@@]21OC(=O)c2ccccc21. The highest BCUT2D eigenvalue weighted by molar-refractivity contribution is 7.48. The minimum absolute atomic E-state index is 0.101. The Kier molecular flexibility index (Phi) is 10.3. The molecule has 0 bridgehead atoms. The molecule has 4 aliphatic heterocycles. The van der Waals surface area contributed by atoms with Crippen LogP contribution in [0.15, 0.2) is 60.7 Å². The Morgan fingerprint density at radius 3 is 1.98 bits per heavy atom. The van der Waals surface area contributed by atoms with E-state index >= 15 is 0 Å². The lowest BCUT2D eigenvalue weighted by atomic mass is 9.77. The average Bonchev–Trinajstić information content (AvgIpc) is 3.77. The minimum Gasteiger partial charge on any atom is -0.493 e. The molecule has 15 heteroatoms. The Bertz CT molecular complexity index is 1990. The first-order chi connectivity index (χ1) is 26.7. The summed E-state index contributed by atoms with van der Waals surface area (Å²) in [5.74, 6) is -1.13. The summed E-state index contributed by atoms with van der Waals surface area (Å²) in [6.07, 6.45) is -3.55. The Labute approximate surface area is 326 Å². The van der Waals surface area contributed by atoms with Crippen LogP contribution in [0.3, 0.4) is 0 Å². The molecule has 14 nitrogen and oxygen atoms in total. The van der Waals surface area contributed by atoms with Gasteiger partial charge in [-0.3, -0.25) is 9.05 Å². The van der Waals surface area contributed by atoms with Gasteiger partial charge in [-0.15, -0.1) is 0 Å². The van der Waals surface area contributed by atoms with Crippen LogP contribution in [0.1, 0.15) is 88.4 Å². The maximum atomic E-state index is 14.6. The molecule has 0 aromatic heterocycles. The Hall–Kier alpha value is -3.56. The topological polar surface area (TPSA) is 145 Å². The third-order valence-electron chi connectivity index (χ3n) is 10.5. The highest BCUT2D eigenvalue weighted by Crippen LogP contribution is 2.59. The molecule has 302 valence electrons. The first-order valence-corrected chi connectivity index (χ1v) is 20.6. The van der Waals surface area contributed by atoms with Gasteiger partial charge in [-0.2, -0.15) is 0 Å². The van der Waals surface area contributed by atoms with Crippen LogP contribution in [-0.4, -0.2) is 80.8 Å². The fraction of sp³-hybridized carbons (Fsp3) is 0.537. The zero-order valence-electron chi connectivity index (χ0n) is 32.8. The molecule has 9 atom stereocenters. The Balaban J connectivity index is 1.13. The molecule has 2 unspecified atom stereocenters. The summed E-state index contributed by atoms with van der Waals surface area (Å²) in [7, 11) is -3.22. The largest absolute Gasteiger partial charge is 0.530 e. The van der Waals surface area contributed by atoms with Gasteiger partial charge in [0.15, 0.2) is 23.5 Å². The second-order valence-electron chi connectivity index (χ2n) is 15.3. The van der Waals surface area contributed by atoms with Gasteiger partial charge < -0.3 is 47.2 Å². The van der Waals surface area contributed by atoms with Crippen molar-refractivity contribution in [3.8, 4) is 23.0 Å². The predicted molar refractivity (Wildman–Crippen MR) is 199 cm³/mol. The smallest absolute Gasteiger partial charge is 0.493 e. The molecule has 0 N–H and O–H groups in total. The van der Waals surface area contributed by atoms with Crippen molar-refractivity contribution in [2.75, 3.05) is 20.3 Å². The van der Waals surface area contributed by atoms with Gasteiger partial charge in [-0.25, -0.2) is 9.36 Å². The first kappa shape index (κ1) is 39.3. The number of benzene rings is 3. The highest BCUT2D eigenvalue weighted by Gasteiger charge is 2.66. The number of ether oxygens (including phenoxy) is 9. The fourth-order valence-corrected chi connectivity index (χ4v) is 9.41. The molecule has 0 amide bonds. The van der Waals surface area contributed by atoms with Gasteiger partial charge in [-0.1, -0.05) is 31.5 Å². The van der Waals surface area contributed by atoms with E-state index < -0.39 is 73.9 Å². The third kappa shape index (κ3) is 6.92. The van der Waals surface area contributed by atoms with E-state index in [0.29, 0.717) is 52.7 Å². The second kappa shape index (κ2) is 14.7. The summed E-state index contributed by atoms with van der Waals surface area (Å²) >= 11 is 0. The van der Waals surface area contributed by atoms with Gasteiger partial charge in [0, 0.05) is 42.5 Å². The molecule has 1 saturated carbocycles. The van der Waals surface area contributed by atoms with E-state index in [4.69, 9.17) is 56.2 Å². The van der Waals surface area contributed by atoms with Crippen LogP contribution in [0.2, 0.25) is 0 Å². The zero-order valence-corrected chi connectivity index (χ0v) is 33.7. The van der Waals surface area contributed by atoms with E-state index in [2.05, 4.69) is 6.92 Å². The van der Waals surface area contributed by atoms with E-state index in [0.717, 1.165) is 12.8 Å². The lowest BCUT2D eigenvalue weighted by molar-refractivity contribution is -0.239. The maximum absolute atomic E-state index is 14.6. The van der Waals surface area contributed by atoms with Crippen molar-refractivity contribution in [1.82, 2.24) is 0 Å². The van der Waals surface area contributed by atoms with Crippen molar-refractivity contribution in [3.05, 3.63) is 82.9 Å². The molecule has 5 aliphatic rings. The van der Waals surface area contributed by atoms with Crippen LogP contribution in [0.25, 0.3) is 0 Å². The van der Waals surface area contributed by atoms with E-state index in [-0.39, 0.29) is 5.75 Å². The fourth-order valence-electron chi connectivity index (χ4n) is 8.29. The van der Waals surface area contributed by atoms with Crippen LogP contribution in [0.4, 0.5) is 0 Å². The maximum Gasteiger partial charge on any atom is 0.530 e. The number of phosphoric ester groups is 1. The second-order valence-corrected chi connectivity index (χ2v) is 16.9. The monoisotopic (exact) mass is 796 g/mol. The predicted octanol–water partition coefficient (Wildman–Crippen LogP) is 7.77. The van der Waals surface area contributed by atoms with Crippen molar-refractivity contribution < 1.29 is 65.6 Å². The van der Waals surface area contributed by atoms with E-state index in [1.807, 2.05) is 31.2 Å². The third-order valence-corrected chi connectivity index (χ3v) is 11.9. The molecule has 56 heavy (non-hydrogen) atoms. The molecule has 1 spiro atoms. The molecular weight excluding hydrogens is 747 g/mol. The summed E-state index contributed by atoms with van der Waals surface area (Å²) in [5, 5.41) is 0. The van der Waals surface area contributed by atoms with Gasteiger partial charge in [0.25, 0.3) is 0 Å². The number of carbonyl (C=O) groups is 1. The summed E-state index contributed by atoms with van der Waals surface area (Å²) in [6.45, 7) is 13.8. The van der Waals surface area contributed by atoms with Crippen LogP contribution < -0.4 is 14.0 Å². The van der Waals surface area contributed by atoms with Crippen LogP contribution >= 0.6 is 7.82 Å². The summed E-state index contributed by atoms with van der Waals surface area (Å²) in [4.78, 5) is 13.4. The highest BCUT2D eigenvalue weighted by atomic mass is 31.2. The molecule has 1 aliphatic carbocycles. The Morgan fingerprint density at radius 2 is 1.38 bits per heavy atom. The van der Waals surface area contributed by atoms with Gasteiger partial charge in [0.1, 0.15) is 59.6 Å². The number of unbranched alkanes of at least 4 members (excludes halogenated alkanes) is 1. The average molecular weight is 797 g/mol. The first-order valence-electron chi connectivity index (χ1n) is 19.1. The molecule has 8 rings (SSSR count). The summed E-state index contributed by atoms with van der Waals surface area (Å²) in [6, 6.07) is 17.6. The zero-order chi connectivity index (χ0) is 39.6. The van der Waals surface area contributed by atoms with Gasteiger partial charge >= 0.3 is 13.8 Å². The van der Waals surface area contributed by atoms with Gasteiger partial charge in [-0.05, 0) is 78.3 Å². The molecule has 3 fully saturated rings. The van der Waals surface area contributed by atoms with Crippen LogP contribution in [0, 0.1) is 0 Å². The van der Waals surface area contributed by atoms with Gasteiger partial charge in [0.2, 0.25) is 0 Å². The number of rotatable bonds is 13. The number of fused-ring (bicyclic) bond motifs is 8. The van der Waals surface area contributed by atoms with E-state index in [1.165, 1.54) is 7.11 Å². The standard InChI is InChI=1S/C41H49O14P/c1-9-11-20-46-24-16-18-28-30(21-24)48-31-22-25(17-19-29(31)41(28)27-15-13-12-14-26(27)38(42)53-41)54-56(43,44-8)55-37-35-33(49-39(4,5)51-35)32(47-23(3)45-10-2)34-36(37)52-40(6,7)50-34/h12-19,21-23,32-37H,9-11,20H2,1-8H3/t23-,32?,33-,34+,35+,36+,37?,41-,56+/m0/s1. The van der Waals surface area contributed by atoms with E-state index in [9.17, 15) is 9.36 Å². The van der Waals surface area contributed by atoms with Crippen molar-refractivity contribution >= 4 is 13.8 Å². The molecule has 0 radical (unpaired) electrons. The van der Waals surface area contributed by atoms with Crippen molar-refractivity contribution in [1.29, 1.82) is 0 Å².